The number of nitrogens with zero attached hydrogens (tertiary/aromatic N) is 2. The Kier molecular flexibility index (Phi) is 4.72. The molecule has 0 unspecified atom stereocenters. The largest absolute Gasteiger partial charge is 0.355 e. The van der Waals surface area contributed by atoms with E-state index in [1.165, 1.54) is 0 Å². The van der Waals surface area contributed by atoms with Crippen LogP contribution < -0.4 is 5.32 Å². The summed E-state index contributed by atoms with van der Waals surface area (Å²) in [6.07, 6.45) is 2.88. The summed E-state index contributed by atoms with van der Waals surface area (Å²) in [5.74, 6) is 0.907. The Bertz CT molecular complexity index is 564. The quantitative estimate of drug-likeness (QED) is 0.897. The minimum atomic E-state index is 0.666. The number of aryl methyl sites for hydroxylation is 2. The topological polar surface area (TPSA) is 29.9 Å². The predicted octanol–water partition coefficient (Wildman–Crippen LogP) is 4.17. The number of hydrogen-bond donors (Lipinski definition) is 1. The minimum Gasteiger partial charge on any atom is -0.355 e. The predicted molar refractivity (Wildman–Crippen MR) is 81.3 cm³/mol. The van der Waals surface area contributed by atoms with Gasteiger partial charge in [0.05, 0.1) is 5.69 Å². The molecule has 0 saturated heterocycles. The zero-order valence-electron chi connectivity index (χ0n) is 11.1. The Morgan fingerprint density at radius 2 is 2.11 bits per heavy atom. The molecule has 0 spiro atoms. The van der Waals surface area contributed by atoms with Gasteiger partial charge in [-0.3, -0.25) is 0 Å². The van der Waals surface area contributed by atoms with Crippen LogP contribution in [0.2, 0.25) is 10.0 Å². The summed E-state index contributed by atoms with van der Waals surface area (Å²) in [6.45, 7) is 5.79. The number of nitrogens with one attached hydrogen (secondary N) is 1. The molecule has 1 heterocycles. The Hall–Kier alpha value is -1.19. The first-order chi connectivity index (χ1) is 9.10. The van der Waals surface area contributed by atoms with E-state index in [2.05, 4.69) is 21.8 Å². The molecule has 0 aliphatic carbocycles. The van der Waals surface area contributed by atoms with E-state index in [4.69, 9.17) is 23.2 Å². The summed E-state index contributed by atoms with van der Waals surface area (Å²) in [4.78, 5) is 4.45. The summed E-state index contributed by atoms with van der Waals surface area (Å²) < 4.78 is 2.10. The van der Waals surface area contributed by atoms with E-state index in [0.29, 0.717) is 10.0 Å². The standard InChI is InChI=1S/C14H17Cl2N3/c1-3-19-9-10(2)18-14(19)17-7-6-11-4-5-12(15)8-13(11)16/h4-5,8-9H,3,6-7H2,1-2H3,(H,17,18). The molecule has 0 aliphatic rings. The molecule has 1 aromatic heterocycles. The van der Waals surface area contributed by atoms with Crippen LogP contribution in [0.3, 0.4) is 0 Å². The van der Waals surface area contributed by atoms with Gasteiger partial charge in [-0.05, 0) is 38.0 Å². The maximum atomic E-state index is 6.14. The van der Waals surface area contributed by atoms with E-state index in [-0.39, 0.29) is 0 Å². The second kappa shape index (κ2) is 6.31. The van der Waals surface area contributed by atoms with Crippen molar-refractivity contribution < 1.29 is 0 Å². The fourth-order valence-corrected chi connectivity index (χ4v) is 2.47. The number of anilines is 1. The number of rotatable bonds is 5. The molecule has 0 fully saturated rings. The third-order valence-corrected chi connectivity index (χ3v) is 3.52. The highest BCUT2D eigenvalue weighted by Crippen LogP contribution is 2.21. The lowest BCUT2D eigenvalue weighted by atomic mass is 10.1. The van der Waals surface area contributed by atoms with Gasteiger partial charge in [-0.15, -0.1) is 0 Å². The maximum Gasteiger partial charge on any atom is 0.203 e. The SMILES string of the molecule is CCn1cc(C)nc1NCCc1ccc(Cl)cc1Cl. The van der Waals surface area contributed by atoms with Gasteiger partial charge in [0.2, 0.25) is 5.95 Å². The Balaban J connectivity index is 1.96. The van der Waals surface area contributed by atoms with Crippen molar-refractivity contribution in [3.63, 3.8) is 0 Å². The molecule has 0 aliphatic heterocycles. The number of halogens is 2. The number of aromatic nitrogens is 2. The number of benzene rings is 1. The lowest BCUT2D eigenvalue weighted by molar-refractivity contribution is 0.761. The number of hydrogen-bond acceptors (Lipinski definition) is 2. The average molecular weight is 298 g/mol. The van der Waals surface area contributed by atoms with Gasteiger partial charge in [0.15, 0.2) is 0 Å². The molecule has 0 bridgehead atoms. The first kappa shape index (κ1) is 14.2. The molecular formula is C14H17Cl2N3. The van der Waals surface area contributed by atoms with Crippen LogP contribution in [-0.2, 0) is 13.0 Å². The molecular weight excluding hydrogens is 281 g/mol. The fraction of sp³-hybridized carbons (Fsp3) is 0.357. The van der Waals surface area contributed by atoms with Crippen molar-refractivity contribution in [2.45, 2.75) is 26.8 Å². The van der Waals surface area contributed by atoms with Crippen LogP contribution in [0.4, 0.5) is 5.95 Å². The summed E-state index contributed by atoms with van der Waals surface area (Å²) in [5.41, 5.74) is 2.11. The van der Waals surface area contributed by atoms with Crippen LogP contribution in [0.25, 0.3) is 0 Å². The van der Waals surface area contributed by atoms with Crippen molar-refractivity contribution in [2.24, 2.45) is 0 Å². The Morgan fingerprint density at radius 1 is 1.32 bits per heavy atom. The zero-order chi connectivity index (χ0) is 13.8. The van der Waals surface area contributed by atoms with Gasteiger partial charge < -0.3 is 9.88 Å². The van der Waals surface area contributed by atoms with Gasteiger partial charge in [-0.1, -0.05) is 29.3 Å². The molecule has 0 amide bonds. The van der Waals surface area contributed by atoms with Gasteiger partial charge in [-0.25, -0.2) is 4.98 Å². The minimum absolute atomic E-state index is 0.666. The molecule has 0 atom stereocenters. The van der Waals surface area contributed by atoms with Gasteiger partial charge in [0.1, 0.15) is 0 Å². The van der Waals surface area contributed by atoms with E-state index in [9.17, 15) is 0 Å². The van der Waals surface area contributed by atoms with Gasteiger partial charge in [-0.2, -0.15) is 0 Å². The van der Waals surface area contributed by atoms with Crippen LogP contribution in [0.15, 0.2) is 24.4 Å². The van der Waals surface area contributed by atoms with E-state index in [0.717, 1.165) is 36.7 Å². The van der Waals surface area contributed by atoms with Crippen LogP contribution >= 0.6 is 23.2 Å². The summed E-state index contributed by atoms with van der Waals surface area (Å²) in [7, 11) is 0. The van der Waals surface area contributed by atoms with E-state index in [1.807, 2.05) is 25.3 Å². The second-order valence-corrected chi connectivity index (χ2v) is 5.25. The normalized spacial score (nSPS) is 10.7. The maximum absolute atomic E-state index is 6.14. The average Bonchev–Trinajstić information content (AvgIpc) is 2.72. The van der Waals surface area contributed by atoms with Crippen molar-refractivity contribution in [1.29, 1.82) is 0 Å². The van der Waals surface area contributed by atoms with Crippen LogP contribution in [0.5, 0.6) is 0 Å². The third kappa shape index (κ3) is 3.64. The number of imidazole rings is 1. The molecule has 0 saturated carbocycles. The first-order valence-corrected chi connectivity index (χ1v) is 7.07. The summed E-state index contributed by atoms with van der Waals surface area (Å²) >= 11 is 12.0. The van der Waals surface area contributed by atoms with Crippen molar-refractivity contribution in [2.75, 3.05) is 11.9 Å². The van der Waals surface area contributed by atoms with Crippen molar-refractivity contribution in [3.05, 3.63) is 45.7 Å². The smallest absolute Gasteiger partial charge is 0.203 e. The van der Waals surface area contributed by atoms with Crippen LogP contribution in [0, 0.1) is 6.92 Å². The van der Waals surface area contributed by atoms with Gasteiger partial charge >= 0.3 is 0 Å². The van der Waals surface area contributed by atoms with Crippen molar-refractivity contribution in [3.8, 4) is 0 Å². The molecule has 102 valence electrons. The van der Waals surface area contributed by atoms with E-state index in [1.54, 1.807) is 6.07 Å². The molecule has 1 aromatic carbocycles. The molecule has 1 N–H and O–H groups in total. The van der Waals surface area contributed by atoms with E-state index < -0.39 is 0 Å². The molecule has 2 rings (SSSR count). The third-order valence-electron chi connectivity index (χ3n) is 2.93. The Labute approximate surface area is 123 Å². The second-order valence-electron chi connectivity index (χ2n) is 4.40. The summed E-state index contributed by atoms with van der Waals surface area (Å²) in [5, 5.41) is 4.71. The van der Waals surface area contributed by atoms with E-state index >= 15 is 0 Å². The lowest BCUT2D eigenvalue weighted by Crippen LogP contribution is -2.10. The first-order valence-electron chi connectivity index (χ1n) is 6.31. The zero-order valence-corrected chi connectivity index (χ0v) is 12.6. The fourth-order valence-electron chi connectivity index (χ4n) is 1.96. The lowest BCUT2D eigenvalue weighted by Gasteiger charge is -2.08. The highest BCUT2D eigenvalue weighted by molar-refractivity contribution is 6.35. The molecule has 0 radical (unpaired) electrons. The van der Waals surface area contributed by atoms with Gasteiger partial charge in [0, 0.05) is 29.3 Å². The Morgan fingerprint density at radius 3 is 2.79 bits per heavy atom. The van der Waals surface area contributed by atoms with Gasteiger partial charge in [0.25, 0.3) is 0 Å². The molecule has 19 heavy (non-hydrogen) atoms. The molecule has 3 nitrogen and oxygen atoms in total. The summed E-state index contributed by atoms with van der Waals surface area (Å²) in [6, 6.07) is 5.60. The van der Waals surface area contributed by atoms with Crippen LogP contribution in [0.1, 0.15) is 18.2 Å². The van der Waals surface area contributed by atoms with Crippen molar-refractivity contribution >= 4 is 29.2 Å². The highest BCUT2D eigenvalue weighted by atomic mass is 35.5. The van der Waals surface area contributed by atoms with Crippen LogP contribution in [-0.4, -0.2) is 16.1 Å². The molecule has 5 heteroatoms. The molecule has 2 aromatic rings. The highest BCUT2D eigenvalue weighted by Gasteiger charge is 2.05. The van der Waals surface area contributed by atoms with Crippen molar-refractivity contribution in [1.82, 2.24) is 9.55 Å². The monoisotopic (exact) mass is 297 g/mol.